The lowest BCUT2D eigenvalue weighted by atomic mass is 9.96. The van der Waals surface area contributed by atoms with Crippen molar-refractivity contribution in [2.24, 2.45) is 0 Å². The van der Waals surface area contributed by atoms with Gasteiger partial charge < -0.3 is 0 Å². The van der Waals surface area contributed by atoms with Gasteiger partial charge in [-0.2, -0.15) is 10.2 Å². The summed E-state index contributed by atoms with van der Waals surface area (Å²) in [5.41, 5.74) is 4.72. The Morgan fingerprint density at radius 1 is 0.583 bits per heavy atom. The molecule has 2 aromatic heterocycles. The predicted octanol–water partition coefficient (Wildman–Crippen LogP) is 5.45. The third-order valence-electron chi connectivity index (χ3n) is 3.80. The molecule has 24 heavy (non-hydrogen) atoms. The van der Waals surface area contributed by atoms with Gasteiger partial charge in [0.2, 0.25) is 0 Å². The fourth-order valence-electron chi connectivity index (χ4n) is 2.54. The Balaban J connectivity index is 0.000000240. The van der Waals surface area contributed by atoms with Crippen molar-refractivity contribution in [1.29, 1.82) is 0 Å². The molecule has 0 aliphatic carbocycles. The predicted molar refractivity (Wildman–Crippen MR) is 100 cm³/mol. The average molecular weight is 329 g/mol. The summed E-state index contributed by atoms with van der Waals surface area (Å²) in [5, 5.41) is 8.05. The van der Waals surface area contributed by atoms with Crippen molar-refractivity contribution in [2.75, 3.05) is 0 Å². The molecule has 4 heteroatoms. The number of hydrogen-bond donors (Lipinski definition) is 0. The maximum absolute atomic E-state index is 4.34. The minimum Gasteiger partial charge on any atom is -0.258 e. The third-order valence-corrected chi connectivity index (χ3v) is 3.80. The summed E-state index contributed by atoms with van der Waals surface area (Å²) in [5.74, 6) is 1.95. The monoisotopic (exact) mass is 328 g/mol. The topological polar surface area (TPSA) is 51.6 Å². The molecule has 0 aromatic carbocycles. The Bertz CT molecular complexity index is 509. The smallest absolute Gasteiger partial charge is 0.0690 e. The molecule has 0 saturated heterocycles. The van der Waals surface area contributed by atoms with Crippen LogP contribution in [0.5, 0.6) is 0 Å². The molecule has 0 saturated carbocycles. The largest absolute Gasteiger partial charge is 0.258 e. The van der Waals surface area contributed by atoms with E-state index in [0.29, 0.717) is 23.7 Å². The van der Waals surface area contributed by atoms with Crippen molar-refractivity contribution in [3.63, 3.8) is 0 Å². The van der Waals surface area contributed by atoms with Crippen LogP contribution >= 0.6 is 0 Å². The van der Waals surface area contributed by atoms with E-state index in [1.165, 1.54) is 5.56 Å². The van der Waals surface area contributed by atoms with Gasteiger partial charge in [0.05, 0.1) is 17.1 Å². The minimum atomic E-state index is 0.469. The standard InChI is InChI=1S/2C10H16N2/c1-7(2)9-10(8(3)4)12-6-5-11-9;1-7(2)9-5-6-11-12-10(9)8(3)4/h2*5-8H,1-4H3. The molecule has 0 atom stereocenters. The lowest BCUT2D eigenvalue weighted by Gasteiger charge is -2.12. The molecule has 0 unspecified atom stereocenters. The Labute approximate surface area is 147 Å². The van der Waals surface area contributed by atoms with Crippen molar-refractivity contribution >= 4 is 0 Å². The Kier molecular flexibility index (Phi) is 7.96. The van der Waals surface area contributed by atoms with Gasteiger partial charge in [0.15, 0.2) is 0 Å². The highest BCUT2D eigenvalue weighted by Crippen LogP contribution is 2.22. The van der Waals surface area contributed by atoms with Gasteiger partial charge in [0.25, 0.3) is 0 Å². The zero-order chi connectivity index (χ0) is 18.3. The van der Waals surface area contributed by atoms with Crippen LogP contribution in [0, 0.1) is 0 Å². The van der Waals surface area contributed by atoms with Crippen LogP contribution in [-0.2, 0) is 0 Å². The van der Waals surface area contributed by atoms with Gasteiger partial charge in [0, 0.05) is 18.6 Å². The van der Waals surface area contributed by atoms with Crippen molar-refractivity contribution in [3.8, 4) is 0 Å². The van der Waals surface area contributed by atoms with E-state index in [9.17, 15) is 0 Å². The fourth-order valence-corrected chi connectivity index (χ4v) is 2.54. The van der Waals surface area contributed by atoms with Gasteiger partial charge in [-0.3, -0.25) is 9.97 Å². The van der Waals surface area contributed by atoms with Crippen LogP contribution < -0.4 is 0 Å². The van der Waals surface area contributed by atoms with E-state index in [4.69, 9.17) is 0 Å². The fraction of sp³-hybridized carbons (Fsp3) is 0.600. The van der Waals surface area contributed by atoms with Crippen LogP contribution in [0.2, 0.25) is 0 Å². The van der Waals surface area contributed by atoms with Crippen LogP contribution in [0.25, 0.3) is 0 Å². The van der Waals surface area contributed by atoms with Crippen LogP contribution in [-0.4, -0.2) is 20.2 Å². The minimum absolute atomic E-state index is 0.469. The summed E-state index contributed by atoms with van der Waals surface area (Å²) in [6.07, 6.45) is 5.30. The van der Waals surface area contributed by atoms with E-state index in [1.54, 1.807) is 18.6 Å². The molecule has 0 aliphatic rings. The SMILES string of the molecule is CC(C)c1ccnnc1C(C)C.CC(C)c1nccnc1C(C)C. The first-order chi connectivity index (χ1) is 11.3. The quantitative estimate of drug-likeness (QED) is 0.749. The van der Waals surface area contributed by atoms with Crippen molar-refractivity contribution in [1.82, 2.24) is 20.2 Å². The van der Waals surface area contributed by atoms with Crippen LogP contribution in [0.4, 0.5) is 0 Å². The van der Waals surface area contributed by atoms with Crippen molar-refractivity contribution < 1.29 is 0 Å². The second-order valence-electron chi connectivity index (χ2n) is 7.32. The van der Waals surface area contributed by atoms with E-state index in [-0.39, 0.29) is 0 Å². The molecule has 2 heterocycles. The molecular weight excluding hydrogens is 296 g/mol. The second kappa shape index (κ2) is 9.45. The normalized spacial score (nSPS) is 11.2. The summed E-state index contributed by atoms with van der Waals surface area (Å²) in [6.45, 7) is 17.3. The molecule has 2 aromatic rings. The molecule has 2 rings (SSSR count). The molecule has 0 aliphatic heterocycles. The Morgan fingerprint density at radius 2 is 1.04 bits per heavy atom. The number of aromatic nitrogens is 4. The molecule has 0 N–H and O–H groups in total. The molecule has 132 valence electrons. The van der Waals surface area contributed by atoms with Gasteiger partial charge >= 0.3 is 0 Å². The van der Waals surface area contributed by atoms with Crippen molar-refractivity contribution in [3.05, 3.63) is 47.3 Å². The first-order valence-electron chi connectivity index (χ1n) is 8.87. The Morgan fingerprint density at radius 3 is 1.38 bits per heavy atom. The van der Waals surface area contributed by atoms with E-state index in [2.05, 4.69) is 81.6 Å². The molecule has 0 bridgehead atoms. The van der Waals surface area contributed by atoms with Crippen LogP contribution in [0.3, 0.4) is 0 Å². The first kappa shape index (κ1) is 20.2. The highest BCUT2D eigenvalue weighted by atomic mass is 15.1. The van der Waals surface area contributed by atoms with Gasteiger partial charge in [-0.05, 0) is 35.3 Å². The Hall–Kier alpha value is -1.84. The number of rotatable bonds is 4. The summed E-state index contributed by atoms with van der Waals surface area (Å²) < 4.78 is 0. The van der Waals surface area contributed by atoms with Gasteiger partial charge in [-0.1, -0.05) is 55.4 Å². The van der Waals surface area contributed by atoms with Crippen molar-refractivity contribution in [2.45, 2.75) is 79.1 Å². The summed E-state index contributed by atoms with van der Waals surface area (Å²) in [4.78, 5) is 8.67. The lowest BCUT2D eigenvalue weighted by molar-refractivity contribution is 0.726. The highest BCUT2D eigenvalue weighted by molar-refractivity contribution is 5.23. The summed E-state index contributed by atoms with van der Waals surface area (Å²) in [6, 6.07) is 2.06. The molecule has 0 spiro atoms. The maximum Gasteiger partial charge on any atom is 0.0690 e. The van der Waals surface area contributed by atoms with Gasteiger partial charge in [0.1, 0.15) is 0 Å². The van der Waals surface area contributed by atoms with E-state index < -0.39 is 0 Å². The molecule has 0 radical (unpaired) electrons. The van der Waals surface area contributed by atoms with Crippen LogP contribution in [0.15, 0.2) is 24.7 Å². The molecule has 0 amide bonds. The average Bonchev–Trinajstić information content (AvgIpc) is 2.55. The third kappa shape index (κ3) is 5.66. The van der Waals surface area contributed by atoms with Gasteiger partial charge in [-0.25, -0.2) is 0 Å². The van der Waals surface area contributed by atoms with Crippen LogP contribution in [0.1, 0.15) is 102 Å². The molecule has 4 nitrogen and oxygen atoms in total. The molecular formula is C20H32N4. The highest BCUT2D eigenvalue weighted by Gasteiger charge is 2.11. The number of nitrogens with zero attached hydrogens (tertiary/aromatic N) is 4. The summed E-state index contributed by atoms with van der Waals surface area (Å²) in [7, 11) is 0. The zero-order valence-corrected chi connectivity index (χ0v) is 16.4. The second-order valence-corrected chi connectivity index (χ2v) is 7.32. The number of hydrogen-bond acceptors (Lipinski definition) is 4. The van der Waals surface area contributed by atoms with Gasteiger partial charge in [-0.15, -0.1) is 0 Å². The summed E-state index contributed by atoms with van der Waals surface area (Å²) >= 11 is 0. The van der Waals surface area contributed by atoms with E-state index in [0.717, 1.165) is 17.1 Å². The zero-order valence-electron chi connectivity index (χ0n) is 16.4. The van der Waals surface area contributed by atoms with E-state index in [1.807, 2.05) is 0 Å². The lowest BCUT2D eigenvalue weighted by Crippen LogP contribution is -2.03. The first-order valence-corrected chi connectivity index (χ1v) is 8.87. The van der Waals surface area contributed by atoms with E-state index >= 15 is 0 Å². The maximum atomic E-state index is 4.34. The molecule has 0 fully saturated rings.